The van der Waals surface area contributed by atoms with E-state index in [1.807, 2.05) is 0 Å². The molecule has 24 heavy (non-hydrogen) atoms. The molecule has 0 aliphatic heterocycles. The molecule has 0 saturated heterocycles. The summed E-state index contributed by atoms with van der Waals surface area (Å²) < 4.78 is 75.8. The number of amides is 1. The van der Waals surface area contributed by atoms with Crippen molar-refractivity contribution < 1.29 is 35.9 Å². The van der Waals surface area contributed by atoms with Crippen LogP contribution >= 0.6 is 11.6 Å². The van der Waals surface area contributed by atoms with Gasteiger partial charge in [-0.05, 0) is 32.9 Å². The Morgan fingerprint density at radius 1 is 1.29 bits per heavy atom. The number of alkyl halides is 3. The predicted molar refractivity (Wildman–Crippen MR) is 79.0 cm³/mol. The van der Waals surface area contributed by atoms with Crippen molar-refractivity contribution in [1.29, 1.82) is 0 Å². The van der Waals surface area contributed by atoms with Crippen molar-refractivity contribution in [3.05, 3.63) is 23.0 Å². The summed E-state index contributed by atoms with van der Waals surface area (Å²) in [5, 5.41) is 9.01. The number of carbonyl (C=O) groups excluding carboxylic acids is 1. The van der Waals surface area contributed by atoms with E-state index in [0.717, 1.165) is 12.1 Å². The zero-order valence-electron chi connectivity index (χ0n) is 12.7. The molecule has 11 heteroatoms. The molecular formula is C13H14ClF4NO4S. The van der Waals surface area contributed by atoms with E-state index < -0.39 is 54.2 Å². The summed E-state index contributed by atoms with van der Waals surface area (Å²) in [6, 6.07) is 1.61. The van der Waals surface area contributed by atoms with E-state index in [0.29, 0.717) is 0 Å². The third-order valence-electron chi connectivity index (χ3n) is 3.22. The van der Waals surface area contributed by atoms with Gasteiger partial charge >= 0.3 is 6.18 Å². The zero-order chi connectivity index (χ0) is 19.1. The van der Waals surface area contributed by atoms with E-state index in [2.05, 4.69) is 0 Å². The van der Waals surface area contributed by atoms with Crippen LogP contribution in [0.4, 0.5) is 23.2 Å². The van der Waals surface area contributed by atoms with Gasteiger partial charge in [-0.1, -0.05) is 11.6 Å². The molecule has 0 bridgehead atoms. The molecule has 0 spiro atoms. The number of hydrogen-bond donors (Lipinski definition) is 2. The Bertz CT molecular complexity index is 760. The highest BCUT2D eigenvalue weighted by Gasteiger charge is 2.55. The number of benzene rings is 1. The Labute approximate surface area is 140 Å². The van der Waals surface area contributed by atoms with Crippen LogP contribution in [-0.4, -0.2) is 36.5 Å². The predicted octanol–water partition coefficient (Wildman–Crippen LogP) is 2.91. The summed E-state index contributed by atoms with van der Waals surface area (Å²) in [6.07, 6.45) is -5.27. The smallest absolute Gasteiger partial charge is 0.373 e. The monoisotopic (exact) mass is 391 g/mol. The highest BCUT2D eigenvalue weighted by Crippen LogP contribution is 2.34. The third kappa shape index (κ3) is 3.65. The Kier molecular flexibility index (Phi) is 5.58. The maximum absolute atomic E-state index is 14.2. The minimum absolute atomic E-state index is 0.212. The minimum Gasteiger partial charge on any atom is -0.373 e. The van der Waals surface area contributed by atoms with Gasteiger partial charge in [-0.3, -0.25) is 4.79 Å². The second kappa shape index (κ2) is 6.49. The number of anilines is 1. The fourth-order valence-corrected chi connectivity index (χ4v) is 2.86. The van der Waals surface area contributed by atoms with E-state index >= 15 is 0 Å². The van der Waals surface area contributed by atoms with E-state index in [9.17, 15) is 35.9 Å². The normalized spacial score (nSPS) is 15.2. The molecule has 1 rings (SSSR count). The average Bonchev–Trinajstić information content (AvgIpc) is 2.42. The highest BCUT2D eigenvalue weighted by molar-refractivity contribution is 7.92. The van der Waals surface area contributed by atoms with Crippen molar-refractivity contribution in [1.82, 2.24) is 0 Å². The number of rotatable bonds is 4. The van der Waals surface area contributed by atoms with E-state index in [4.69, 9.17) is 11.6 Å². The summed E-state index contributed by atoms with van der Waals surface area (Å²) >= 11 is 5.60. The molecule has 0 aliphatic rings. The van der Waals surface area contributed by atoms with Crippen LogP contribution in [0.25, 0.3) is 0 Å². The van der Waals surface area contributed by atoms with Crippen molar-refractivity contribution in [2.24, 2.45) is 0 Å². The third-order valence-corrected chi connectivity index (χ3v) is 5.76. The molecule has 0 unspecified atom stereocenters. The Morgan fingerprint density at radius 3 is 2.21 bits per heavy atom. The highest BCUT2D eigenvalue weighted by atomic mass is 35.5. The Morgan fingerprint density at radius 2 is 1.79 bits per heavy atom. The molecule has 0 heterocycles. The lowest BCUT2D eigenvalue weighted by Gasteiger charge is -2.25. The fourth-order valence-electron chi connectivity index (χ4n) is 1.47. The molecule has 0 radical (unpaired) electrons. The molecule has 1 amide bonds. The SMILES string of the molecule is CC(C)S(=O)(=O)c1ccc(NC(=O)[C@@](C)(O)C(F)(F)F)c(Cl)c1F. The van der Waals surface area contributed by atoms with Crippen LogP contribution < -0.4 is 5.32 Å². The van der Waals surface area contributed by atoms with Gasteiger partial charge in [-0.15, -0.1) is 0 Å². The van der Waals surface area contributed by atoms with Gasteiger partial charge in [0.25, 0.3) is 5.91 Å². The van der Waals surface area contributed by atoms with Crippen LogP contribution in [0.5, 0.6) is 0 Å². The van der Waals surface area contributed by atoms with Crippen molar-refractivity contribution in [2.45, 2.75) is 42.7 Å². The summed E-state index contributed by atoms with van der Waals surface area (Å²) in [7, 11) is -4.03. The van der Waals surface area contributed by atoms with Gasteiger partial charge < -0.3 is 10.4 Å². The van der Waals surface area contributed by atoms with Gasteiger partial charge in [0.05, 0.1) is 10.9 Å². The molecule has 0 aromatic heterocycles. The van der Waals surface area contributed by atoms with Crippen LogP contribution in [-0.2, 0) is 14.6 Å². The summed E-state index contributed by atoms with van der Waals surface area (Å²) in [5.41, 5.74) is -4.35. The molecule has 0 fully saturated rings. The lowest BCUT2D eigenvalue weighted by Crippen LogP contribution is -2.52. The molecule has 1 aromatic rings. The van der Waals surface area contributed by atoms with Gasteiger partial charge in [0.1, 0.15) is 9.92 Å². The van der Waals surface area contributed by atoms with Crippen LogP contribution in [0, 0.1) is 5.82 Å². The van der Waals surface area contributed by atoms with E-state index in [1.165, 1.54) is 13.8 Å². The lowest BCUT2D eigenvalue weighted by molar-refractivity contribution is -0.242. The van der Waals surface area contributed by atoms with Crippen LogP contribution in [0.1, 0.15) is 20.8 Å². The first-order chi connectivity index (χ1) is 10.6. The number of hydrogen-bond acceptors (Lipinski definition) is 4. The number of aliphatic hydroxyl groups is 1. The summed E-state index contributed by atoms with van der Waals surface area (Å²) in [5.74, 6) is -3.30. The number of halogens is 5. The first kappa shape index (κ1) is 20.7. The molecule has 0 saturated carbocycles. The number of sulfone groups is 1. The van der Waals surface area contributed by atoms with Gasteiger partial charge in [0.15, 0.2) is 15.7 Å². The van der Waals surface area contributed by atoms with Gasteiger partial charge in [-0.2, -0.15) is 13.2 Å². The summed E-state index contributed by atoms with van der Waals surface area (Å²) in [6.45, 7) is 2.82. The van der Waals surface area contributed by atoms with Gasteiger partial charge in [0.2, 0.25) is 5.60 Å². The van der Waals surface area contributed by atoms with E-state index in [1.54, 1.807) is 5.32 Å². The second-order valence-corrected chi connectivity index (χ2v) is 8.21. The van der Waals surface area contributed by atoms with Crippen molar-refractivity contribution in [3.8, 4) is 0 Å². The topological polar surface area (TPSA) is 83.5 Å². The van der Waals surface area contributed by atoms with E-state index in [-0.39, 0.29) is 6.92 Å². The molecule has 136 valence electrons. The Balaban J connectivity index is 3.28. The number of carbonyl (C=O) groups is 1. The van der Waals surface area contributed by atoms with Crippen LogP contribution in [0.3, 0.4) is 0 Å². The molecule has 1 aromatic carbocycles. The van der Waals surface area contributed by atoms with Crippen LogP contribution in [0.2, 0.25) is 5.02 Å². The van der Waals surface area contributed by atoms with Gasteiger partial charge in [0, 0.05) is 0 Å². The first-order valence-electron chi connectivity index (χ1n) is 6.46. The molecule has 0 aliphatic carbocycles. The maximum atomic E-state index is 14.2. The van der Waals surface area contributed by atoms with Crippen molar-refractivity contribution >= 4 is 33.0 Å². The van der Waals surface area contributed by atoms with Gasteiger partial charge in [-0.25, -0.2) is 12.8 Å². The quantitative estimate of drug-likeness (QED) is 0.773. The zero-order valence-corrected chi connectivity index (χ0v) is 14.3. The second-order valence-electron chi connectivity index (χ2n) is 5.36. The molecule has 5 nitrogen and oxygen atoms in total. The van der Waals surface area contributed by atoms with Crippen molar-refractivity contribution in [2.75, 3.05) is 5.32 Å². The fraction of sp³-hybridized carbons (Fsp3) is 0.462. The molecular weight excluding hydrogens is 378 g/mol. The minimum atomic E-state index is -5.27. The molecule has 2 N–H and O–H groups in total. The largest absolute Gasteiger partial charge is 0.426 e. The average molecular weight is 392 g/mol. The first-order valence-corrected chi connectivity index (χ1v) is 8.39. The standard InChI is InChI=1S/C13H14ClF4NO4S/c1-6(2)24(22,23)8-5-4-7(9(14)10(8)15)19-11(20)12(3,21)13(16,17)18/h4-6,21H,1-3H3,(H,19,20)/t12-/m1/s1. The van der Waals surface area contributed by atoms with Crippen LogP contribution in [0.15, 0.2) is 17.0 Å². The lowest BCUT2D eigenvalue weighted by atomic mass is 10.1. The summed E-state index contributed by atoms with van der Waals surface area (Å²) in [4.78, 5) is 10.8. The number of nitrogens with one attached hydrogen (secondary N) is 1. The molecule has 1 atom stereocenters. The Hall–Kier alpha value is -1.39. The van der Waals surface area contributed by atoms with Crippen molar-refractivity contribution in [3.63, 3.8) is 0 Å². The maximum Gasteiger partial charge on any atom is 0.426 e.